The molecule has 3 unspecified atom stereocenters. The van der Waals surface area contributed by atoms with Crippen molar-refractivity contribution in [2.75, 3.05) is 20.6 Å². The number of likely N-dealkylation sites (N-methyl/N-ethyl adjacent to an activating group) is 1. The zero-order valence-electron chi connectivity index (χ0n) is 11.8. The molecule has 0 spiro atoms. The van der Waals surface area contributed by atoms with Crippen molar-refractivity contribution >= 4 is 0 Å². The first-order valence-electron chi connectivity index (χ1n) is 7.22. The summed E-state index contributed by atoms with van der Waals surface area (Å²) in [6, 6.07) is 0.897. The van der Waals surface area contributed by atoms with Crippen LogP contribution in [-0.2, 0) is 0 Å². The monoisotopic (exact) mass is 227 g/mol. The molecule has 1 aliphatic heterocycles. The third kappa shape index (κ3) is 3.74. The lowest BCUT2D eigenvalue weighted by atomic mass is 9.92. The second kappa shape index (κ2) is 6.61. The highest BCUT2D eigenvalue weighted by Crippen LogP contribution is 2.36. The Morgan fingerprint density at radius 1 is 1.12 bits per heavy atom. The Bertz CT molecular complexity index is 193. The maximum absolute atomic E-state index is 3.45. The van der Waals surface area contributed by atoms with E-state index >= 15 is 0 Å². The van der Waals surface area contributed by atoms with Crippen molar-refractivity contribution in [1.29, 1.82) is 0 Å². The van der Waals surface area contributed by atoms with E-state index in [1.807, 2.05) is 0 Å². The van der Waals surface area contributed by atoms with Gasteiger partial charge in [-0.15, -0.1) is 0 Å². The molecular formula is C14H31N2+. The number of hydrogen-bond acceptors (Lipinski definition) is 1. The van der Waals surface area contributed by atoms with Crippen molar-refractivity contribution in [3.63, 3.8) is 0 Å². The predicted octanol–water partition coefficient (Wildman–Crippen LogP) is 3.34. The summed E-state index contributed by atoms with van der Waals surface area (Å²) in [6.45, 7) is 5.95. The molecule has 1 aliphatic rings. The van der Waals surface area contributed by atoms with Gasteiger partial charge in [0, 0.05) is 13.0 Å². The summed E-state index contributed by atoms with van der Waals surface area (Å²) in [7, 11) is 4.44. The molecule has 0 bridgehead atoms. The molecule has 2 nitrogen and oxygen atoms in total. The van der Waals surface area contributed by atoms with Crippen LogP contribution >= 0.6 is 0 Å². The lowest BCUT2D eigenvalue weighted by Crippen LogP contribution is -2.38. The van der Waals surface area contributed by atoms with Gasteiger partial charge < -0.3 is 0 Å². The normalized spacial score (nSPS) is 30.4. The van der Waals surface area contributed by atoms with E-state index in [0.717, 1.165) is 16.6 Å². The Labute approximate surface area is 102 Å². The van der Waals surface area contributed by atoms with Crippen LogP contribution in [0.3, 0.4) is 0 Å². The van der Waals surface area contributed by atoms with Gasteiger partial charge >= 0.3 is 0 Å². The Morgan fingerprint density at radius 2 is 1.75 bits per heavy atom. The van der Waals surface area contributed by atoms with Gasteiger partial charge in [0.2, 0.25) is 0 Å². The van der Waals surface area contributed by atoms with Crippen LogP contribution in [0.4, 0.5) is 0 Å². The quantitative estimate of drug-likeness (QED) is 0.362. The van der Waals surface area contributed by atoms with Crippen molar-refractivity contribution in [1.82, 2.24) is 5.43 Å². The molecule has 16 heavy (non-hydrogen) atoms. The van der Waals surface area contributed by atoms with E-state index in [1.165, 1.54) is 51.5 Å². The van der Waals surface area contributed by atoms with Gasteiger partial charge in [0.15, 0.2) is 12.6 Å². The Kier molecular flexibility index (Phi) is 5.77. The second-order valence-electron chi connectivity index (χ2n) is 5.64. The largest absolute Gasteiger partial charge is 0.236 e. The maximum Gasteiger partial charge on any atom is 0.161 e. The number of unbranched alkanes of at least 4 members (excludes halogenated alkanes) is 3. The fourth-order valence-electron chi connectivity index (χ4n) is 2.86. The number of hydrogen-bond donors (Lipinski definition) is 1. The van der Waals surface area contributed by atoms with Crippen LogP contribution in [0.25, 0.3) is 0 Å². The summed E-state index contributed by atoms with van der Waals surface area (Å²) in [4.78, 5) is 0. The van der Waals surface area contributed by atoms with E-state index in [2.05, 4.69) is 33.4 Å². The van der Waals surface area contributed by atoms with E-state index in [-0.39, 0.29) is 0 Å². The van der Waals surface area contributed by atoms with E-state index in [0.29, 0.717) is 0 Å². The van der Waals surface area contributed by atoms with E-state index < -0.39 is 0 Å². The van der Waals surface area contributed by atoms with E-state index in [1.54, 1.807) is 0 Å². The minimum atomic E-state index is 0.897. The Morgan fingerprint density at radius 3 is 2.25 bits per heavy atom. The molecule has 0 aromatic heterocycles. The molecule has 0 radical (unpaired) electrons. The average Bonchev–Trinajstić information content (AvgIpc) is 2.97. The van der Waals surface area contributed by atoms with E-state index in [4.69, 9.17) is 0 Å². The fraction of sp³-hybridized carbons (Fsp3) is 1.00. The van der Waals surface area contributed by atoms with Gasteiger partial charge in [-0.3, -0.25) is 0 Å². The molecule has 0 saturated carbocycles. The first-order valence-corrected chi connectivity index (χ1v) is 7.22. The summed E-state index contributed by atoms with van der Waals surface area (Å²) in [5.74, 6) is 0.962. The molecule has 0 amide bonds. The fourth-order valence-corrected chi connectivity index (χ4v) is 2.86. The molecule has 1 fully saturated rings. The SMILES string of the molecule is CCCCCC(CCCC)C1C[N+]1(C)NC. The topological polar surface area (TPSA) is 12.0 Å². The highest BCUT2D eigenvalue weighted by atomic mass is 15.7. The van der Waals surface area contributed by atoms with Crippen molar-refractivity contribution in [3.05, 3.63) is 0 Å². The van der Waals surface area contributed by atoms with Gasteiger partial charge in [0.1, 0.15) is 0 Å². The van der Waals surface area contributed by atoms with Crippen molar-refractivity contribution in [2.24, 2.45) is 5.92 Å². The van der Waals surface area contributed by atoms with E-state index in [9.17, 15) is 0 Å². The molecule has 2 heteroatoms. The first-order chi connectivity index (χ1) is 7.68. The van der Waals surface area contributed by atoms with Crippen LogP contribution in [-0.4, -0.2) is 31.3 Å². The molecular weight excluding hydrogens is 196 g/mol. The smallest absolute Gasteiger partial charge is 0.161 e. The first kappa shape index (κ1) is 14.0. The molecule has 96 valence electrons. The van der Waals surface area contributed by atoms with Crippen molar-refractivity contribution in [2.45, 2.75) is 64.8 Å². The summed E-state index contributed by atoms with van der Waals surface area (Å²) in [6.07, 6.45) is 9.86. The van der Waals surface area contributed by atoms with Gasteiger partial charge in [0.25, 0.3) is 0 Å². The number of rotatable bonds is 9. The van der Waals surface area contributed by atoms with Gasteiger partial charge in [0.05, 0.1) is 7.05 Å². The molecule has 1 heterocycles. The van der Waals surface area contributed by atoms with Gasteiger partial charge in [-0.25, -0.2) is 4.59 Å². The summed E-state index contributed by atoms with van der Waals surface area (Å²) >= 11 is 0. The third-order valence-corrected chi connectivity index (χ3v) is 4.33. The molecule has 3 atom stereocenters. The van der Waals surface area contributed by atoms with Crippen LogP contribution in [0.15, 0.2) is 0 Å². The maximum atomic E-state index is 3.45. The molecule has 1 saturated heterocycles. The van der Waals surface area contributed by atoms with Crippen LogP contribution in [0, 0.1) is 5.92 Å². The number of nitrogens with one attached hydrogen (secondary N) is 1. The third-order valence-electron chi connectivity index (χ3n) is 4.33. The minimum Gasteiger partial charge on any atom is -0.236 e. The van der Waals surface area contributed by atoms with Crippen molar-refractivity contribution in [3.8, 4) is 0 Å². The zero-order chi connectivity index (χ0) is 12.0. The van der Waals surface area contributed by atoms with Crippen LogP contribution in [0.1, 0.15) is 58.8 Å². The Hall–Kier alpha value is -0.0800. The summed E-state index contributed by atoms with van der Waals surface area (Å²) in [5, 5.41) is 0. The van der Waals surface area contributed by atoms with Crippen molar-refractivity contribution < 1.29 is 4.59 Å². The molecule has 1 rings (SSSR count). The standard InChI is InChI=1S/C14H31N2/c1-5-7-9-11-13(10-8-6-2)14-12-16(14,4)15-3/h13-15H,5-12H2,1-4H3/q+1. The molecule has 0 aromatic rings. The van der Waals surface area contributed by atoms with Crippen LogP contribution in [0.2, 0.25) is 0 Å². The van der Waals surface area contributed by atoms with Crippen LogP contribution in [0.5, 0.6) is 0 Å². The lowest BCUT2D eigenvalue weighted by molar-refractivity contribution is -0.840. The number of nitrogens with zero attached hydrogens (tertiary/aromatic N) is 1. The molecule has 0 aliphatic carbocycles. The highest BCUT2D eigenvalue weighted by molar-refractivity contribution is 4.80. The van der Waals surface area contributed by atoms with Gasteiger partial charge in [-0.05, 0) is 12.8 Å². The molecule has 0 aromatic carbocycles. The zero-order valence-corrected chi connectivity index (χ0v) is 11.8. The van der Waals surface area contributed by atoms with Crippen LogP contribution < -0.4 is 5.43 Å². The summed E-state index contributed by atoms with van der Waals surface area (Å²) < 4.78 is 1.11. The minimum absolute atomic E-state index is 0.897. The second-order valence-corrected chi connectivity index (χ2v) is 5.64. The lowest BCUT2D eigenvalue weighted by Gasteiger charge is -2.18. The highest BCUT2D eigenvalue weighted by Gasteiger charge is 2.54. The average molecular weight is 227 g/mol. The number of quaternary nitrogens is 1. The van der Waals surface area contributed by atoms with Gasteiger partial charge in [-0.2, -0.15) is 5.43 Å². The Balaban J connectivity index is 2.33. The summed E-state index contributed by atoms with van der Waals surface area (Å²) in [5.41, 5.74) is 3.45. The predicted molar refractivity (Wildman–Crippen MR) is 71.1 cm³/mol. The van der Waals surface area contributed by atoms with Gasteiger partial charge in [-0.1, -0.05) is 46.0 Å². The molecule has 1 N–H and O–H groups in total.